The van der Waals surface area contributed by atoms with E-state index >= 15 is 0 Å². The fourth-order valence-electron chi connectivity index (χ4n) is 1.64. The lowest BCUT2D eigenvalue weighted by molar-refractivity contribution is 0.113. The van der Waals surface area contributed by atoms with Gasteiger partial charge in [0.1, 0.15) is 0 Å². The molecule has 1 aromatic rings. The summed E-state index contributed by atoms with van der Waals surface area (Å²) in [7, 11) is 0. The molecular weight excluding hydrogens is 182 g/mol. The summed E-state index contributed by atoms with van der Waals surface area (Å²) in [6, 6.07) is 2.71. The monoisotopic (exact) mass is 197 g/mol. The highest BCUT2D eigenvalue weighted by Crippen LogP contribution is 2.14. The van der Waals surface area contributed by atoms with Gasteiger partial charge in [-0.05, 0) is 35.7 Å². The average Bonchev–Trinajstić information content (AvgIpc) is 2.72. The number of ether oxygens (including phenoxy) is 1. The fourth-order valence-corrected chi connectivity index (χ4v) is 2.31. The van der Waals surface area contributed by atoms with Crippen LogP contribution in [0.1, 0.15) is 18.9 Å². The van der Waals surface area contributed by atoms with Crippen molar-refractivity contribution in [3.05, 3.63) is 22.4 Å². The van der Waals surface area contributed by atoms with Crippen molar-refractivity contribution in [3.8, 4) is 0 Å². The van der Waals surface area contributed by atoms with Crippen LogP contribution in [-0.2, 0) is 11.3 Å². The van der Waals surface area contributed by atoms with E-state index in [4.69, 9.17) is 4.74 Å². The third-order valence-corrected chi connectivity index (χ3v) is 3.26. The first-order valence-corrected chi connectivity index (χ1v) is 5.66. The molecule has 13 heavy (non-hydrogen) atoms. The van der Waals surface area contributed by atoms with Gasteiger partial charge in [0.2, 0.25) is 0 Å². The third-order valence-electron chi connectivity index (χ3n) is 2.52. The average molecular weight is 197 g/mol. The van der Waals surface area contributed by atoms with Crippen molar-refractivity contribution in [1.29, 1.82) is 0 Å². The maximum absolute atomic E-state index is 5.48. The van der Waals surface area contributed by atoms with Crippen LogP contribution in [0.4, 0.5) is 0 Å². The van der Waals surface area contributed by atoms with Crippen LogP contribution in [0.5, 0.6) is 0 Å². The van der Waals surface area contributed by atoms with E-state index in [1.54, 1.807) is 11.3 Å². The third kappa shape index (κ3) is 2.30. The zero-order valence-electron chi connectivity index (χ0n) is 7.82. The molecule has 1 aromatic heterocycles. The minimum atomic E-state index is 0.374. The second-order valence-electron chi connectivity index (χ2n) is 3.48. The smallest absolute Gasteiger partial charge is 0.0700 e. The van der Waals surface area contributed by atoms with Gasteiger partial charge in [0.25, 0.3) is 0 Å². The Kier molecular flexibility index (Phi) is 2.98. The summed E-state index contributed by atoms with van der Waals surface area (Å²) < 4.78 is 5.48. The lowest BCUT2D eigenvalue weighted by Gasteiger charge is -2.15. The Labute approximate surface area is 82.9 Å². The SMILES string of the molecule is CC1OCCC1NCc1ccsc1. The lowest BCUT2D eigenvalue weighted by atomic mass is 10.1. The lowest BCUT2D eigenvalue weighted by Crippen LogP contribution is -2.33. The molecule has 1 saturated heterocycles. The van der Waals surface area contributed by atoms with E-state index < -0.39 is 0 Å². The van der Waals surface area contributed by atoms with Gasteiger partial charge in [-0.1, -0.05) is 0 Å². The minimum absolute atomic E-state index is 0.374. The summed E-state index contributed by atoms with van der Waals surface area (Å²) in [5.74, 6) is 0. The first kappa shape index (κ1) is 9.19. The van der Waals surface area contributed by atoms with Crippen molar-refractivity contribution in [2.24, 2.45) is 0 Å². The highest BCUT2D eigenvalue weighted by Gasteiger charge is 2.23. The van der Waals surface area contributed by atoms with Crippen LogP contribution < -0.4 is 5.32 Å². The minimum Gasteiger partial charge on any atom is -0.377 e. The predicted molar refractivity (Wildman–Crippen MR) is 55.0 cm³/mol. The summed E-state index contributed by atoms with van der Waals surface area (Å²) in [5, 5.41) is 7.82. The van der Waals surface area contributed by atoms with E-state index in [9.17, 15) is 0 Å². The summed E-state index contributed by atoms with van der Waals surface area (Å²) >= 11 is 1.75. The van der Waals surface area contributed by atoms with Crippen molar-refractivity contribution >= 4 is 11.3 Å². The highest BCUT2D eigenvalue weighted by atomic mass is 32.1. The van der Waals surface area contributed by atoms with Crippen molar-refractivity contribution in [3.63, 3.8) is 0 Å². The maximum Gasteiger partial charge on any atom is 0.0700 e. The summed E-state index contributed by atoms with van der Waals surface area (Å²) in [4.78, 5) is 0. The standard InChI is InChI=1S/C10H15NOS/c1-8-10(2-4-12-8)11-6-9-3-5-13-7-9/h3,5,7-8,10-11H,2,4,6H2,1H3. The Bertz CT molecular complexity index is 247. The van der Waals surface area contributed by atoms with Crippen molar-refractivity contribution < 1.29 is 4.74 Å². The van der Waals surface area contributed by atoms with Gasteiger partial charge in [-0.3, -0.25) is 0 Å². The normalized spacial score (nSPS) is 28.1. The van der Waals surface area contributed by atoms with E-state index in [-0.39, 0.29) is 0 Å². The van der Waals surface area contributed by atoms with Crippen molar-refractivity contribution in [2.75, 3.05) is 6.61 Å². The quantitative estimate of drug-likeness (QED) is 0.800. The molecule has 0 bridgehead atoms. The molecule has 2 unspecified atom stereocenters. The summed E-state index contributed by atoms with van der Waals surface area (Å²) in [6.07, 6.45) is 1.52. The van der Waals surface area contributed by atoms with E-state index in [1.165, 1.54) is 5.56 Å². The van der Waals surface area contributed by atoms with E-state index in [0.29, 0.717) is 12.1 Å². The molecule has 0 radical (unpaired) electrons. The molecule has 1 N–H and O–H groups in total. The molecule has 0 aromatic carbocycles. The summed E-state index contributed by atoms with van der Waals surface area (Å²) in [6.45, 7) is 4.02. The Balaban J connectivity index is 1.79. The van der Waals surface area contributed by atoms with E-state index in [2.05, 4.69) is 29.1 Å². The zero-order valence-corrected chi connectivity index (χ0v) is 8.64. The van der Waals surface area contributed by atoms with Gasteiger partial charge >= 0.3 is 0 Å². The van der Waals surface area contributed by atoms with Gasteiger partial charge in [0.05, 0.1) is 6.10 Å². The van der Waals surface area contributed by atoms with E-state index in [0.717, 1.165) is 19.6 Å². The highest BCUT2D eigenvalue weighted by molar-refractivity contribution is 7.07. The number of rotatable bonds is 3. The van der Waals surface area contributed by atoms with Crippen LogP contribution in [0.3, 0.4) is 0 Å². The second-order valence-corrected chi connectivity index (χ2v) is 4.26. The molecule has 0 saturated carbocycles. The second kappa shape index (κ2) is 4.22. The first-order chi connectivity index (χ1) is 6.36. The van der Waals surface area contributed by atoms with Crippen molar-refractivity contribution in [1.82, 2.24) is 5.32 Å². The molecule has 3 heteroatoms. The fraction of sp³-hybridized carbons (Fsp3) is 0.600. The molecule has 0 aliphatic carbocycles. The number of thiophene rings is 1. The van der Waals surface area contributed by atoms with Crippen LogP contribution in [0.25, 0.3) is 0 Å². The van der Waals surface area contributed by atoms with Crippen LogP contribution in [-0.4, -0.2) is 18.8 Å². The topological polar surface area (TPSA) is 21.3 Å². The summed E-state index contributed by atoms with van der Waals surface area (Å²) in [5.41, 5.74) is 1.38. The molecule has 2 atom stereocenters. The van der Waals surface area contributed by atoms with Crippen LogP contribution in [0, 0.1) is 0 Å². The Morgan fingerprint density at radius 1 is 1.69 bits per heavy atom. The van der Waals surface area contributed by atoms with Gasteiger partial charge in [-0.15, -0.1) is 0 Å². The molecule has 2 heterocycles. The Morgan fingerprint density at radius 2 is 2.62 bits per heavy atom. The molecule has 0 amide bonds. The van der Waals surface area contributed by atoms with E-state index in [1.807, 2.05) is 0 Å². The van der Waals surface area contributed by atoms with Gasteiger partial charge in [-0.2, -0.15) is 11.3 Å². The molecule has 1 fully saturated rings. The molecule has 72 valence electrons. The predicted octanol–water partition coefficient (Wildman–Crippen LogP) is 2.02. The molecule has 0 spiro atoms. The number of hydrogen-bond acceptors (Lipinski definition) is 3. The zero-order chi connectivity index (χ0) is 9.10. The molecule has 1 aliphatic rings. The number of nitrogens with one attached hydrogen (secondary N) is 1. The first-order valence-electron chi connectivity index (χ1n) is 4.72. The van der Waals surface area contributed by atoms with Crippen LogP contribution in [0.15, 0.2) is 16.8 Å². The van der Waals surface area contributed by atoms with Crippen LogP contribution in [0.2, 0.25) is 0 Å². The van der Waals surface area contributed by atoms with Crippen LogP contribution >= 0.6 is 11.3 Å². The maximum atomic E-state index is 5.48. The number of hydrogen-bond donors (Lipinski definition) is 1. The van der Waals surface area contributed by atoms with Crippen molar-refractivity contribution in [2.45, 2.75) is 32.0 Å². The largest absolute Gasteiger partial charge is 0.377 e. The molecule has 2 nitrogen and oxygen atoms in total. The Hall–Kier alpha value is -0.380. The molecule has 1 aliphatic heterocycles. The molecule has 2 rings (SSSR count). The van der Waals surface area contributed by atoms with Gasteiger partial charge < -0.3 is 10.1 Å². The van der Waals surface area contributed by atoms with Gasteiger partial charge in [-0.25, -0.2) is 0 Å². The van der Waals surface area contributed by atoms with Gasteiger partial charge in [0, 0.05) is 19.2 Å². The molecular formula is C10H15NOS. The van der Waals surface area contributed by atoms with Gasteiger partial charge in [0.15, 0.2) is 0 Å². The Morgan fingerprint density at radius 3 is 3.23 bits per heavy atom.